The van der Waals surface area contributed by atoms with Gasteiger partial charge in [-0.15, -0.1) is 0 Å². The summed E-state index contributed by atoms with van der Waals surface area (Å²) in [5.74, 6) is -1.75. The van der Waals surface area contributed by atoms with Gasteiger partial charge in [-0.3, -0.25) is 14.9 Å². The fourth-order valence-corrected chi connectivity index (χ4v) is 3.60. The highest BCUT2D eigenvalue weighted by atomic mass is 19.1. The topological polar surface area (TPSA) is 63.5 Å². The van der Waals surface area contributed by atoms with E-state index in [1.165, 1.54) is 41.3 Å². The van der Waals surface area contributed by atoms with E-state index < -0.39 is 16.6 Å². The molecule has 5 nitrogen and oxygen atoms in total. The minimum absolute atomic E-state index is 0.0703. The Balaban J connectivity index is 1.94. The third kappa shape index (κ3) is 3.97. The van der Waals surface area contributed by atoms with Gasteiger partial charge in [0.1, 0.15) is 11.6 Å². The molecule has 1 aliphatic carbocycles. The molecule has 1 saturated carbocycles. The van der Waals surface area contributed by atoms with Crippen molar-refractivity contribution in [2.45, 2.75) is 45.2 Å². The van der Waals surface area contributed by atoms with Crippen molar-refractivity contribution in [3.05, 3.63) is 74.8 Å². The Morgan fingerprint density at radius 2 is 1.81 bits per heavy atom. The molecule has 0 saturated heterocycles. The lowest BCUT2D eigenvalue weighted by Gasteiger charge is -2.29. The molecule has 3 rings (SSSR count). The highest BCUT2D eigenvalue weighted by molar-refractivity contribution is 5.95. The van der Waals surface area contributed by atoms with Gasteiger partial charge in [0.05, 0.1) is 11.5 Å². The number of nitrogens with zero attached hydrogens (tertiary/aromatic N) is 2. The van der Waals surface area contributed by atoms with Crippen LogP contribution in [-0.4, -0.2) is 21.8 Å². The largest absolute Gasteiger partial charge is 0.331 e. The van der Waals surface area contributed by atoms with Gasteiger partial charge in [-0.2, -0.15) is 0 Å². The van der Waals surface area contributed by atoms with Crippen LogP contribution in [0, 0.1) is 28.7 Å². The maximum absolute atomic E-state index is 14.1. The molecule has 0 heterocycles. The number of carbonyl (C=O) groups is 1. The highest BCUT2D eigenvalue weighted by Gasteiger charge is 2.29. The Bertz CT molecular complexity index is 859. The lowest BCUT2D eigenvalue weighted by molar-refractivity contribution is -0.385. The Labute approximate surface area is 155 Å². The molecule has 1 aliphatic rings. The molecule has 0 aliphatic heterocycles. The van der Waals surface area contributed by atoms with Crippen LogP contribution in [0.3, 0.4) is 0 Å². The van der Waals surface area contributed by atoms with Crippen LogP contribution < -0.4 is 0 Å². The molecule has 0 radical (unpaired) electrons. The van der Waals surface area contributed by atoms with Gasteiger partial charge in [0, 0.05) is 28.8 Å². The summed E-state index contributed by atoms with van der Waals surface area (Å²) < 4.78 is 28.2. The number of nitro benzene ring substituents is 1. The summed E-state index contributed by atoms with van der Waals surface area (Å²) in [6, 6.07) is 7.67. The molecular weight excluding hydrogens is 354 g/mol. The van der Waals surface area contributed by atoms with E-state index in [0.29, 0.717) is 5.56 Å². The second-order valence-corrected chi connectivity index (χ2v) is 6.83. The normalized spacial score (nSPS) is 14.3. The summed E-state index contributed by atoms with van der Waals surface area (Å²) in [7, 11) is 0. The molecule has 27 heavy (non-hydrogen) atoms. The van der Waals surface area contributed by atoms with Crippen molar-refractivity contribution in [3.63, 3.8) is 0 Å². The second kappa shape index (κ2) is 7.82. The first-order valence-electron chi connectivity index (χ1n) is 8.87. The Morgan fingerprint density at radius 1 is 1.19 bits per heavy atom. The highest BCUT2D eigenvalue weighted by Crippen LogP contribution is 2.29. The fraction of sp³-hybridized carbons (Fsp3) is 0.350. The van der Waals surface area contributed by atoms with E-state index in [0.717, 1.165) is 25.7 Å². The van der Waals surface area contributed by atoms with E-state index >= 15 is 0 Å². The molecule has 0 N–H and O–H groups in total. The first-order valence-corrected chi connectivity index (χ1v) is 8.87. The minimum Gasteiger partial charge on any atom is -0.331 e. The molecular formula is C20H20F2N2O3. The maximum atomic E-state index is 14.1. The zero-order chi connectivity index (χ0) is 19.6. The summed E-state index contributed by atoms with van der Waals surface area (Å²) in [4.78, 5) is 25.1. The van der Waals surface area contributed by atoms with Crippen molar-refractivity contribution in [3.8, 4) is 0 Å². The number of carbonyl (C=O) groups excluding carboxylic acids is 1. The van der Waals surface area contributed by atoms with E-state index in [4.69, 9.17) is 0 Å². The number of halogens is 2. The number of nitro groups is 1. The number of rotatable bonds is 5. The fourth-order valence-electron chi connectivity index (χ4n) is 3.60. The summed E-state index contributed by atoms with van der Waals surface area (Å²) in [5, 5.41) is 11.0. The minimum atomic E-state index is -0.689. The SMILES string of the molecule is Cc1cc(C(=O)N(Cc2c(F)cccc2F)C2CCCC2)ccc1[N+](=O)[O-]. The maximum Gasteiger partial charge on any atom is 0.272 e. The zero-order valence-corrected chi connectivity index (χ0v) is 15.0. The van der Waals surface area contributed by atoms with Crippen molar-refractivity contribution in [2.24, 2.45) is 0 Å². The average molecular weight is 374 g/mol. The van der Waals surface area contributed by atoms with Crippen LogP contribution in [0.1, 0.15) is 47.2 Å². The average Bonchev–Trinajstić information content (AvgIpc) is 3.15. The molecule has 1 amide bonds. The van der Waals surface area contributed by atoms with E-state index in [1.807, 2.05) is 0 Å². The molecule has 0 atom stereocenters. The van der Waals surface area contributed by atoms with Crippen LogP contribution in [0.2, 0.25) is 0 Å². The number of amides is 1. The van der Waals surface area contributed by atoms with Crippen molar-refractivity contribution in [1.82, 2.24) is 4.90 Å². The standard InChI is InChI=1S/C20H20F2N2O3/c1-13-11-14(9-10-19(13)24(26)27)20(25)23(15-5-2-3-6-15)12-16-17(21)7-4-8-18(16)22/h4,7-11,15H,2-3,5-6,12H2,1H3. The second-order valence-electron chi connectivity index (χ2n) is 6.83. The van der Waals surface area contributed by atoms with Gasteiger partial charge in [0.2, 0.25) is 0 Å². The van der Waals surface area contributed by atoms with Crippen LogP contribution in [0.15, 0.2) is 36.4 Å². The summed E-state index contributed by atoms with van der Waals surface area (Å²) in [6.45, 7) is 1.39. The van der Waals surface area contributed by atoms with Crippen LogP contribution in [0.25, 0.3) is 0 Å². The summed E-state index contributed by atoms with van der Waals surface area (Å²) >= 11 is 0. The molecule has 7 heteroatoms. The van der Waals surface area contributed by atoms with Crippen LogP contribution in [0.5, 0.6) is 0 Å². The van der Waals surface area contributed by atoms with E-state index in [1.54, 1.807) is 6.92 Å². The zero-order valence-electron chi connectivity index (χ0n) is 15.0. The third-order valence-electron chi connectivity index (χ3n) is 5.06. The third-order valence-corrected chi connectivity index (χ3v) is 5.06. The smallest absolute Gasteiger partial charge is 0.272 e. The molecule has 1 fully saturated rings. The predicted octanol–water partition coefficient (Wildman–Crippen LogP) is 4.77. The first-order chi connectivity index (χ1) is 12.9. The number of hydrogen-bond donors (Lipinski definition) is 0. The van der Waals surface area contributed by atoms with Gasteiger partial charge in [-0.25, -0.2) is 8.78 Å². The van der Waals surface area contributed by atoms with Gasteiger partial charge in [0.25, 0.3) is 11.6 Å². The molecule has 142 valence electrons. The number of benzene rings is 2. The van der Waals surface area contributed by atoms with Crippen LogP contribution in [-0.2, 0) is 6.54 Å². The van der Waals surface area contributed by atoms with Crippen molar-refractivity contribution in [2.75, 3.05) is 0 Å². The van der Waals surface area contributed by atoms with E-state index in [9.17, 15) is 23.7 Å². The molecule has 0 unspecified atom stereocenters. The van der Waals surface area contributed by atoms with Gasteiger partial charge in [0.15, 0.2) is 0 Å². The van der Waals surface area contributed by atoms with Crippen LogP contribution >= 0.6 is 0 Å². The van der Waals surface area contributed by atoms with Crippen molar-refractivity contribution >= 4 is 11.6 Å². The lowest BCUT2D eigenvalue weighted by Crippen LogP contribution is -2.38. The molecule has 0 spiro atoms. The monoisotopic (exact) mass is 374 g/mol. The van der Waals surface area contributed by atoms with Crippen LogP contribution in [0.4, 0.5) is 14.5 Å². The van der Waals surface area contributed by atoms with Gasteiger partial charge < -0.3 is 4.90 Å². The Morgan fingerprint density at radius 3 is 2.37 bits per heavy atom. The Hall–Kier alpha value is -2.83. The van der Waals surface area contributed by atoms with E-state index in [2.05, 4.69) is 0 Å². The summed E-state index contributed by atoms with van der Waals surface area (Å²) in [5.41, 5.74) is 0.437. The number of hydrogen-bond acceptors (Lipinski definition) is 3. The van der Waals surface area contributed by atoms with Gasteiger partial charge in [-0.1, -0.05) is 18.9 Å². The van der Waals surface area contributed by atoms with Gasteiger partial charge in [-0.05, 0) is 44.0 Å². The van der Waals surface area contributed by atoms with E-state index in [-0.39, 0.29) is 35.3 Å². The quantitative estimate of drug-likeness (QED) is 0.560. The molecule has 0 bridgehead atoms. The van der Waals surface area contributed by atoms with Gasteiger partial charge >= 0.3 is 0 Å². The lowest BCUT2D eigenvalue weighted by atomic mass is 10.1. The van der Waals surface area contributed by atoms with Crippen molar-refractivity contribution in [1.29, 1.82) is 0 Å². The molecule has 0 aromatic heterocycles. The molecule has 2 aromatic rings. The molecule has 2 aromatic carbocycles. The van der Waals surface area contributed by atoms with Crippen molar-refractivity contribution < 1.29 is 18.5 Å². The number of aryl methyl sites for hydroxylation is 1. The summed E-state index contributed by atoms with van der Waals surface area (Å²) in [6.07, 6.45) is 3.45. The first kappa shape index (κ1) is 18.9. The predicted molar refractivity (Wildman–Crippen MR) is 96.3 cm³/mol. The Kier molecular flexibility index (Phi) is 5.48.